The first-order valence-corrected chi connectivity index (χ1v) is 4.50. The van der Waals surface area contributed by atoms with Crippen LogP contribution in [0.25, 0.3) is 0 Å². The molecule has 0 aromatic heterocycles. The van der Waals surface area contributed by atoms with Crippen LogP contribution in [0.15, 0.2) is 18.2 Å². The molecule has 0 saturated heterocycles. The van der Waals surface area contributed by atoms with Crippen LogP contribution in [0.5, 0.6) is 0 Å². The van der Waals surface area contributed by atoms with Gasteiger partial charge in [-0.1, -0.05) is 6.92 Å². The molecule has 0 radical (unpaired) electrons. The molecule has 1 aromatic rings. The molecule has 1 unspecified atom stereocenters. The van der Waals surface area contributed by atoms with Crippen LogP contribution in [0.3, 0.4) is 0 Å². The molecule has 1 aromatic carbocycles. The van der Waals surface area contributed by atoms with Gasteiger partial charge in [0.1, 0.15) is 0 Å². The highest BCUT2D eigenvalue weighted by atomic mass is 19.2. The maximum Gasteiger partial charge on any atom is 0.228 e. The monoisotopic (exact) mass is 214 g/mol. The highest BCUT2D eigenvalue weighted by Gasteiger charge is 2.11. The summed E-state index contributed by atoms with van der Waals surface area (Å²) >= 11 is 0. The first kappa shape index (κ1) is 11.6. The van der Waals surface area contributed by atoms with Gasteiger partial charge in [-0.15, -0.1) is 0 Å². The van der Waals surface area contributed by atoms with Gasteiger partial charge in [0.2, 0.25) is 5.91 Å². The second-order valence-electron chi connectivity index (χ2n) is 3.25. The molecule has 1 rings (SSSR count). The lowest BCUT2D eigenvalue weighted by Gasteiger charge is -2.09. The number of hydrogen-bond acceptors (Lipinski definition) is 2. The number of benzene rings is 1. The molecular formula is C10H12F2N2O. The van der Waals surface area contributed by atoms with Gasteiger partial charge in [0.15, 0.2) is 11.6 Å². The summed E-state index contributed by atoms with van der Waals surface area (Å²) in [4.78, 5) is 11.3. The van der Waals surface area contributed by atoms with Crippen LogP contribution in [-0.4, -0.2) is 12.5 Å². The van der Waals surface area contributed by atoms with Gasteiger partial charge in [-0.2, -0.15) is 0 Å². The molecule has 0 aliphatic carbocycles. The van der Waals surface area contributed by atoms with Crippen LogP contribution in [0.1, 0.15) is 6.92 Å². The molecule has 5 heteroatoms. The Kier molecular flexibility index (Phi) is 3.74. The van der Waals surface area contributed by atoms with Crippen molar-refractivity contribution in [2.75, 3.05) is 11.9 Å². The maximum atomic E-state index is 12.8. The number of carbonyl (C=O) groups is 1. The number of nitrogens with one attached hydrogen (secondary N) is 1. The fraction of sp³-hybridized carbons (Fsp3) is 0.300. The Balaban J connectivity index is 2.73. The maximum absolute atomic E-state index is 12.8. The molecule has 0 aliphatic heterocycles. The molecule has 3 N–H and O–H groups in total. The van der Waals surface area contributed by atoms with Crippen molar-refractivity contribution in [1.29, 1.82) is 0 Å². The Labute approximate surface area is 86.3 Å². The summed E-state index contributed by atoms with van der Waals surface area (Å²) in [6.07, 6.45) is 0. The third-order valence-electron chi connectivity index (χ3n) is 1.99. The summed E-state index contributed by atoms with van der Waals surface area (Å²) in [7, 11) is 0. The van der Waals surface area contributed by atoms with Gasteiger partial charge in [0.25, 0.3) is 0 Å². The Morgan fingerprint density at radius 3 is 2.67 bits per heavy atom. The molecule has 0 fully saturated rings. The first-order valence-electron chi connectivity index (χ1n) is 4.50. The fourth-order valence-corrected chi connectivity index (χ4v) is 0.946. The van der Waals surface area contributed by atoms with Gasteiger partial charge in [0.05, 0.1) is 0 Å². The Hall–Kier alpha value is -1.49. The average Bonchev–Trinajstić information content (AvgIpc) is 2.22. The van der Waals surface area contributed by atoms with E-state index in [9.17, 15) is 13.6 Å². The predicted molar refractivity (Wildman–Crippen MR) is 53.2 cm³/mol. The van der Waals surface area contributed by atoms with Gasteiger partial charge in [-0.05, 0) is 12.1 Å². The highest BCUT2D eigenvalue weighted by molar-refractivity contribution is 5.92. The van der Waals surface area contributed by atoms with Crippen molar-refractivity contribution in [3.63, 3.8) is 0 Å². The quantitative estimate of drug-likeness (QED) is 0.801. The number of carbonyl (C=O) groups excluding carboxylic acids is 1. The molecule has 0 spiro atoms. The SMILES string of the molecule is CC(CN)C(=O)Nc1ccc(F)c(F)c1. The molecule has 1 amide bonds. The third kappa shape index (κ3) is 2.99. The van der Waals surface area contributed by atoms with E-state index in [4.69, 9.17) is 5.73 Å². The standard InChI is InChI=1S/C10H12F2N2O/c1-6(5-13)10(15)14-7-2-3-8(11)9(12)4-7/h2-4,6H,5,13H2,1H3,(H,14,15). The highest BCUT2D eigenvalue weighted by Crippen LogP contribution is 2.13. The van der Waals surface area contributed by atoms with E-state index in [2.05, 4.69) is 5.32 Å². The number of amides is 1. The minimum absolute atomic E-state index is 0.204. The largest absolute Gasteiger partial charge is 0.330 e. The first-order chi connectivity index (χ1) is 7.04. The van der Waals surface area contributed by atoms with E-state index in [0.717, 1.165) is 12.1 Å². The van der Waals surface area contributed by atoms with Crippen LogP contribution in [0.2, 0.25) is 0 Å². The summed E-state index contributed by atoms with van der Waals surface area (Å²) in [6, 6.07) is 3.17. The van der Waals surface area contributed by atoms with Crippen molar-refractivity contribution < 1.29 is 13.6 Å². The average molecular weight is 214 g/mol. The topological polar surface area (TPSA) is 55.1 Å². The Bertz CT molecular complexity index is 368. The molecule has 1 atom stereocenters. The van der Waals surface area contributed by atoms with Crippen LogP contribution in [0, 0.1) is 17.6 Å². The van der Waals surface area contributed by atoms with Crippen molar-refractivity contribution >= 4 is 11.6 Å². The van der Waals surface area contributed by atoms with Crippen LogP contribution in [0.4, 0.5) is 14.5 Å². The van der Waals surface area contributed by atoms with Crippen molar-refractivity contribution in [1.82, 2.24) is 0 Å². The molecule has 82 valence electrons. The summed E-state index contributed by atoms with van der Waals surface area (Å²) in [5.41, 5.74) is 5.51. The lowest BCUT2D eigenvalue weighted by Crippen LogP contribution is -2.26. The van der Waals surface area contributed by atoms with Gasteiger partial charge in [-0.25, -0.2) is 8.78 Å². The zero-order chi connectivity index (χ0) is 11.4. The third-order valence-corrected chi connectivity index (χ3v) is 1.99. The molecule has 0 aliphatic rings. The minimum atomic E-state index is -0.992. The van der Waals surface area contributed by atoms with E-state index in [1.165, 1.54) is 6.07 Å². The number of anilines is 1. The number of halogens is 2. The van der Waals surface area contributed by atoms with Crippen molar-refractivity contribution in [3.8, 4) is 0 Å². The Morgan fingerprint density at radius 2 is 2.13 bits per heavy atom. The molecule has 3 nitrogen and oxygen atoms in total. The summed E-state index contributed by atoms with van der Waals surface area (Å²) in [5, 5.41) is 2.44. The Morgan fingerprint density at radius 1 is 1.47 bits per heavy atom. The van der Waals surface area contributed by atoms with E-state index in [-0.39, 0.29) is 24.1 Å². The lowest BCUT2D eigenvalue weighted by molar-refractivity contribution is -0.119. The second-order valence-corrected chi connectivity index (χ2v) is 3.25. The number of rotatable bonds is 3. The van der Waals surface area contributed by atoms with Crippen molar-refractivity contribution in [2.24, 2.45) is 11.7 Å². The van der Waals surface area contributed by atoms with Crippen molar-refractivity contribution in [3.05, 3.63) is 29.8 Å². The zero-order valence-electron chi connectivity index (χ0n) is 8.26. The van der Waals surface area contributed by atoms with Crippen LogP contribution in [-0.2, 0) is 4.79 Å². The molecule has 0 bridgehead atoms. The van der Waals surface area contributed by atoms with Crippen LogP contribution < -0.4 is 11.1 Å². The minimum Gasteiger partial charge on any atom is -0.330 e. The van der Waals surface area contributed by atoms with Crippen molar-refractivity contribution in [2.45, 2.75) is 6.92 Å². The molecule has 0 heterocycles. The molecule has 15 heavy (non-hydrogen) atoms. The van der Waals surface area contributed by atoms with E-state index in [1.807, 2.05) is 0 Å². The summed E-state index contributed by atoms with van der Waals surface area (Å²) in [5.74, 6) is -2.62. The molecular weight excluding hydrogens is 202 g/mol. The van der Waals surface area contributed by atoms with Gasteiger partial charge in [-0.3, -0.25) is 4.79 Å². The van der Waals surface area contributed by atoms with E-state index >= 15 is 0 Å². The lowest BCUT2D eigenvalue weighted by atomic mass is 10.1. The fourth-order valence-electron chi connectivity index (χ4n) is 0.946. The van der Waals surface area contributed by atoms with E-state index in [1.54, 1.807) is 6.92 Å². The number of nitrogens with two attached hydrogens (primary N) is 1. The molecule has 0 saturated carbocycles. The zero-order valence-corrected chi connectivity index (χ0v) is 8.26. The van der Waals surface area contributed by atoms with Gasteiger partial charge in [0, 0.05) is 24.2 Å². The summed E-state index contributed by atoms with van der Waals surface area (Å²) < 4.78 is 25.3. The van der Waals surface area contributed by atoms with Gasteiger partial charge >= 0.3 is 0 Å². The predicted octanol–water partition coefficient (Wildman–Crippen LogP) is 1.50. The normalized spacial score (nSPS) is 12.3. The second kappa shape index (κ2) is 4.84. The van der Waals surface area contributed by atoms with E-state index in [0.29, 0.717) is 0 Å². The summed E-state index contributed by atoms with van der Waals surface area (Å²) in [6.45, 7) is 1.85. The smallest absolute Gasteiger partial charge is 0.228 e. The number of hydrogen-bond donors (Lipinski definition) is 2. The van der Waals surface area contributed by atoms with Gasteiger partial charge < -0.3 is 11.1 Å². The van der Waals surface area contributed by atoms with Crippen LogP contribution >= 0.6 is 0 Å². The van der Waals surface area contributed by atoms with E-state index < -0.39 is 11.6 Å².